The normalized spacial score (nSPS) is 13.4. The number of fused-ring (bicyclic) bond motifs is 4. The molecule has 0 saturated carbocycles. The average Bonchev–Trinajstić information content (AvgIpc) is 3.04. The number of para-hydroxylation sites is 1. The minimum absolute atomic E-state index is 0.723. The first-order valence-corrected chi connectivity index (χ1v) is 9.63. The molecule has 0 unspecified atom stereocenters. The van der Waals surface area contributed by atoms with Gasteiger partial charge in [-0.25, -0.2) is 4.98 Å². The van der Waals surface area contributed by atoms with Gasteiger partial charge in [0.2, 0.25) is 0 Å². The zero-order chi connectivity index (χ0) is 20.0. The number of hydrogen-bond donors (Lipinski definition) is 0. The number of pyridine rings is 1. The molecule has 5 rings (SSSR count). The van der Waals surface area contributed by atoms with Gasteiger partial charge in [-0.1, -0.05) is 48.0 Å². The molecule has 1 aliphatic carbocycles. The Hall–Kier alpha value is -3.59. The summed E-state index contributed by atoms with van der Waals surface area (Å²) in [7, 11) is 3.31. The number of benzene rings is 3. The van der Waals surface area contributed by atoms with Crippen molar-refractivity contribution in [3.05, 3.63) is 89.0 Å². The lowest BCUT2D eigenvalue weighted by Crippen LogP contribution is -1.91. The maximum atomic E-state index is 5.49. The number of rotatable bonds is 3. The molecule has 4 aromatic rings. The molecule has 0 N–H and O–H groups in total. The number of ether oxygens (including phenoxy) is 2. The van der Waals surface area contributed by atoms with E-state index in [1.807, 2.05) is 18.2 Å². The molecule has 29 heavy (non-hydrogen) atoms. The highest BCUT2D eigenvalue weighted by molar-refractivity contribution is 6.07. The molecule has 0 amide bonds. The van der Waals surface area contributed by atoms with E-state index in [1.165, 1.54) is 27.8 Å². The SMILES string of the molecule is COc1ccc(/C=C2/c3cc(C)ccc3-c3nc4ccccc4cc32)cc1OC. The molecule has 1 aliphatic rings. The Bertz CT molecular complexity index is 1290. The lowest BCUT2D eigenvalue weighted by Gasteiger charge is -2.09. The summed E-state index contributed by atoms with van der Waals surface area (Å²) < 4.78 is 10.9. The van der Waals surface area contributed by atoms with Gasteiger partial charge in [0.25, 0.3) is 0 Å². The van der Waals surface area contributed by atoms with Crippen LogP contribution in [-0.4, -0.2) is 19.2 Å². The van der Waals surface area contributed by atoms with Crippen molar-refractivity contribution in [3.8, 4) is 22.8 Å². The topological polar surface area (TPSA) is 31.4 Å². The first-order valence-electron chi connectivity index (χ1n) is 9.63. The average molecular weight is 379 g/mol. The second-order valence-corrected chi connectivity index (χ2v) is 7.30. The molecule has 1 aromatic heterocycles. The Labute approximate surface area is 170 Å². The zero-order valence-corrected chi connectivity index (χ0v) is 16.7. The lowest BCUT2D eigenvalue weighted by atomic mass is 9.99. The van der Waals surface area contributed by atoms with Crippen LogP contribution in [0.1, 0.15) is 22.3 Å². The minimum atomic E-state index is 0.723. The van der Waals surface area contributed by atoms with Crippen molar-refractivity contribution in [2.24, 2.45) is 0 Å². The van der Waals surface area contributed by atoms with Gasteiger partial charge in [-0.15, -0.1) is 0 Å². The Balaban J connectivity index is 1.76. The van der Waals surface area contributed by atoms with E-state index in [2.05, 4.69) is 61.5 Å². The maximum absolute atomic E-state index is 5.49. The van der Waals surface area contributed by atoms with Crippen molar-refractivity contribution < 1.29 is 9.47 Å². The van der Waals surface area contributed by atoms with Gasteiger partial charge >= 0.3 is 0 Å². The van der Waals surface area contributed by atoms with Gasteiger partial charge in [-0.3, -0.25) is 0 Å². The largest absolute Gasteiger partial charge is 0.493 e. The van der Waals surface area contributed by atoms with E-state index in [9.17, 15) is 0 Å². The first kappa shape index (κ1) is 17.5. The van der Waals surface area contributed by atoms with E-state index in [0.29, 0.717) is 0 Å². The number of aromatic nitrogens is 1. The Kier molecular flexibility index (Phi) is 4.09. The predicted molar refractivity (Wildman–Crippen MR) is 118 cm³/mol. The summed E-state index contributed by atoms with van der Waals surface area (Å²) in [6.07, 6.45) is 2.21. The van der Waals surface area contributed by atoms with E-state index in [-0.39, 0.29) is 0 Å². The molecule has 0 bridgehead atoms. The second kappa shape index (κ2) is 6.78. The summed E-state index contributed by atoms with van der Waals surface area (Å²) >= 11 is 0. The molecule has 3 heteroatoms. The number of hydrogen-bond acceptors (Lipinski definition) is 3. The van der Waals surface area contributed by atoms with Crippen LogP contribution in [0, 0.1) is 6.92 Å². The van der Waals surface area contributed by atoms with Crippen LogP contribution in [0.4, 0.5) is 0 Å². The minimum Gasteiger partial charge on any atom is -0.493 e. The Morgan fingerprint density at radius 2 is 1.59 bits per heavy atom. The second-order valence-electron chi connectivity index (χ2n) is 7.30. The molecule has 3 nitrogen and oxygen atoms in total. The van der Waals surface area contributed by atoms with Crippen LogP contribution in [0.5, 0.6) is 11.5 Å². The highest BCUT2D eigenvalue weighted by Crippen LogP contribution is 2.45. The summed E-state index contributed by atoms with van der Waals surface area (Å²) in [5.74, 6) is 1.45. The molecule has 3 aromatic carbocycles. The number of methoxy groups -OCH3 is 2. The van der Waals surface area contributed by atoms with Crippen LogP contribution in [0.15, 0.2) is 66.7 Å². The maximum Gasteiger partial charge on any atom is 0.161 e. The van der Waals surface area contributed by atoms with E-state index in [0.717, 1.165) is 33.7 Å². The number of aryl methyl sites for hydroxylation is 1. The molecule has 0 radical (unpaired) electrons. The van der Waals surface area contributed by atoms with Crippen molar-refractivity contribution in [1.29, 1.82) is 0 Å². The molecular formula is C26H21NO2. The van der Waals surface area contributed by atoms with Crippen LogP contribution in [0.2, 0.25) is 0 Å². The van der Waals surface area contributed by atoms with Crippen LogP contribution < -0.4 is 9.47 Å². The van der Waals surface area contributed by atoms with Crippen molar-refractivity contribution in [2.75, 3.05) is 14.2 Å². The van der Waals surface area contributed by atoms with Crippen LogP contribution >= 0.6 is 0 Å². The predicted octanol–water partition coefficient (Wildman–Crippen LogP) is 6.13. The Morgan fingerprint density at radius 3 is 2.41 bits per heavy atom. The molecule has 0 fully saturated rings. The van der Waals surface area contributed by atoms with Crippen molar-refractivity contribution in [3.63, 3.8) is 0 Å². The highest BCUT2D eigenvalue weighted by atomic mass is 16.5. The quantitative estimate of drug-likeness (QED) is 0.378. The van der Waals surface area contributed by atoms with Gasteiger partial charge in [0.05, 0.1) is 25.4 Å². The fourth-order valence-corrected chi connectivity index (χ4v) is 4.02. The van der Waals surface area contributed by atoms with Gasteiger partial charge in [0.1, 0.15) is 0 Å². The highest BCUT2D eigenvalue weighted by Gasteiger charge is 2.25. The number of nitrogens with zero attached hydrogens (tertiary/aromatic N) is 1. The molecular weight excluding hydrogens is 358 g/mol. The van der Waals surface area contributed by atoms with Gasteiger partial charge in [0.15, 0.2) is 11.5 Å². The van der Waals surface area contributed by atoms with Crippen LogP contribution in [-0.2, 0) is 0 Å². The zero-order valence-electron chi connectivity index (χ0n) is 16.7. The standard InChI is InChI=1S/C26H21NO2/c1-16-8-10-19-20(12-16)21(13-17-9-11-24(28-2)25(14-17)29-3)22-15-18-6-4-5-7-23(18)27-26(19)22/h4-15H,1-3H3/b21-13-. The molecule has 0 saturated heterocycles. The van der Waals surface area contributed by atoms with Gasteiger partial charge in [-0.05, 0) is 54.0 Å². The summed E-state index contributed by atoms with van der Waals surface area (Å²) in [4.78, 5) is 4.99. The lowest BCUT2D eigenvalue weighted by molar-refractivity contribution is 0.355. The van der Waals surface area contributed by atoms with Gasteiger partial charge in [0, 0.05) is 16.5 Å². The summed E-state index contributed by atoms with van der Waals surface area (Å²) in [5, 5.41) is 1.15. The molecule has 0 aliphatic heterocycles. The fourth-order valence-electron chi connectivity index (χ4n) is 4.02. The van der Waals surface area contributed by atoms with Crippen LogP contribution in [0.25, 0.3) is 33.8 Å². The monoisotopic (exact) mass is 379 g/mol. The summed E-state index contributed by atoms with van der Waals surface area (Å²) in [5.41, 5.74) is 9.12. The molecule has 142 valence electrons. The van der Waals surface area contributed by atoms with Crippen molar-refractivity contribution in [1.82, 2.24) is 4.98 Å². The molecule has 1 heterocycles. The Morgan fingerprint density at radius 1 is 0.759 bits per heavy atom. The van der Waals surface area contributed by atoms with Gasteiger partial charge in [-0.2, -0.15) is 0 Å². The summed E-state index contributed by atoms with van der Waals surface area (Å²) in [6, 6.07) is 23.1. The third-order valence-corrected chi connectivity index (χ3v) is 5.45. The van der Waals surface area contributed by atoms with E-state index in [4.69, 9.17) is 14.5 Å². The van der Waals surface area contributed by atoms with Gasteiger partial charge < -0.3 is 9.47 Å². The first-order chi connectivity index (χ1) is 14.2. The van der Waals surface area contributed by atoms with E-state index >= 15 is 0 Å². The van der Waals surface area contributed by atoms with E-state index in [1.54, 1.807) is 14.2 Å². The molecule has 0 atom stereocenters. The fraction of sp³-hybridized carbons (Fsp3) is 0.115. The molecule has 0 spiro atoms. The third-order valence-electron chi connectivity index (χ3n) is 5.45. The third kappa shape index (κ3) is 2.87. The smallest absolute Gasteiger partial charge is 0.161 e. The van der Waals surface area contributed by atoms with E-state index < -0.39 is 0 Å². The summed E-state index contributed by atoms with van der Waals surface area (Å²) in [6.45, 7) is 2.13. The van der Waals surface area contributed by atoms with Crippen LogP contribution in [0.3, 0.4) is 0 Å². The van der Waals surface area contributed by atoms with Crippen molar-refractivity contribution >= 4 is 22.6 Å². The van der Waals surface area contributed by atoms with Crippen molar-refractivity contribution in [2.45, 2.75) is 6.92 Å².